The first kappa shape index (κ1) is 17.5. The fourth-order valence-corrected chi connectivity index (χ4v) is 3.99. The van der Waals surface area contributed by atoms with Crippen molar-refractivity contribution in [3.05, 3.63) is 53.9 Å². The largest absolute Gasteiger partial charge is 0.493 e. The summed E-state index contributed by atoms with van der Waals surface area (Å²) in [6.45, 7) is 0. The minimum Gasteiger partial charge on any atom is -0.493 e. The fourth-order valence-electron chi connectivity index (χ4n) is 2.56. The smallest absolute Gasteiger partial charge is 0.238 e. The molecule has 1 aromatic heterocycles. The second-order valence-electron chi connectivity index (χ2n) is 5.30. The van der Waals surface area contributed by atoms with Crippen molar-refractivity contribution in [3.63, 3.8) is 0 Å². The Labute approximate surface area is 150 Å². The Kier molecular flexibility index (Phi) is 4.80. The first-order valence-electron chi connectivity index (χ1n) is 7.37. The fraction of sp³-hybridized carbons (Fsp3) is 0.111. The van der Waals surface area contributed by atoms with E-state index < -0.39 is 10.0 Å². The Hall–Kier alpha value is -2.35. The molecule has 5 nitrogen and oxygen atoms in total. The van der Waals surface area contributed by atoms with E-state index in [1.807, 2.05) is 29.6 Å². The molecule has 0 saturated carbocycles. The first-order chi connectivity index (χ1) is 11.9. The van der Waals surface area contributed by atoms with Crippen molar-refractivity contribution in [2.45, 2.75) is 4.90 Å². The van der Waals surface area contributed by atoms with Crippen molar-refractivity contribution >= 4 is 21.4 Å². The number of rotatable bonds is 5. The molecule has 0 radical (unpaired) electrons. The first-order valence-corrected chi connectivity index (χ1v) is 9.80. The van der Waals surface area contributed by atoms with Crippen LogP contribution in [0.4, 0.5) is 0 Å². The summed E-state index contributed by atoms with van der Waals surface area (Å²) in [6.07, 6.45) is 0. The SMILES string of the molecule is COc1ccc(-c2sccc2-c2ccc(S(N)(=O)=O)cc2)cc1OC. The van der Waals surface area contributed by atoms with Gasteiger partial charge < -0.3 is 9.47 Å². The van der Waals surface area contributed by atoms with Crippen LogP contribution in [0.1, 0.15) is 0 Å². The lowest BCUT2D eigenvalue weighted by molar-refractivity contribution is 0.355. The van der Waals surface area contributed by atoms with Crippen molar-refractivity contribution < 1.29 is 17.9 Å². The summed E-state index contributed by atoms with van der Waals surface area (Å²) in [5.41, 5.74) is 2.93. The molecule has 0 bridgehead atoms. The molecule has 0 unspecified atom stereocenters. The molecule has 3 aromatic rings. The maximum absolute atomic E-state index is 11.4. The predicted molar refractivity (Wildman–Crippen MR) is 99.7 cm³/mol. The summed E-state index contributed by atoms with van der Waals surface area (Å²) in [6, 6.07) is 14.3. The Bertz CT molecular complexity index is 992. The number of benzene rings is 2. The molecule has 0 aliphatic carbocycles. The third-order valence-corrected chi connectivity index (χ3v) is 5.70. The lowest BCUT2D eigenvalue weighted by atomic mass is 10.0. The molecule has 0 fully saturated rings. The van der Waals surface area contributed by atoms with E-state index in [0.717, 1.165) is 21.6 Å². The molecule has 3 rings (SSSR count). The third kappa shape index (κ3) is 3.53. The highest BCUT2D eigenvalue weighted by Gasteiger charge is 2.13. The second-order valence-corrected chi connectivity index (χ2v) is 7.78. The quantitative estimate of drug-likeness (QED) is 0.737. The Morgan fingerprint density at radius 3 is 2.12 bits per heavy atom. The van der Waals surface area contributed by atoms with Gasteiger partial charge >= 0.3 is 0 Å². The Morgan fingerprint density at radius 1 is 0.880 bits per heavy atom. The highest BCUT2D eigenvalue weighted by atomic mass is 32.2. The van der Waals surface area contributed by atoms with Crippen molar-refractivity contribution in [1.82, 2.24) is 0 Å². The molecule has 0 spiro atoms. The average Bonchev–Trinajstić information content (AvgIpc) is 3.10. The molecule has 0 aliphatic heterocycles. The van der Waals surface area contributed by atoms with E-state index in [4.69, 9.17) is 14.6 Å². The number of methoxy groups -OCH3 is 2. The Balaban J connectivity index is 2.04. The van der Waals surface area contributed by atoms with Gasteiger partial charge in [-0.3, -0.25) is 0 Å². The summed E-state index contributed by atoms with van der Waals surface area (Å²) >= 11 is 1.60. The van der Waals surface area contributed by atoms with Gasteiger partial charge in [-0.15, -0.1) is 11.3 Å². The summed E-state index contributed by atoms with van der Waals surface area (Å²) in [4.78, 5) is 1.16. The van der Waals surface area contributed by atoms with Crippen LogP contribution in [0.15, 0.2) is 58.8 Å². The zero-order valence-corrected chi connectivity index (χ0v) is 15.4. The number of hydrogen-bond donors (Lipinski definition) is 1. The maximum atomic E-state index is 11.4. The molecule has 1 heterocycles. The molecule has 7 heteroatoms. The van der Waals surface area contributed by atoms with Gasteiger partial charge in [-0.05, 0) is 52.9 Å². The van der Waals surface area contributed by atoms with Gasteiger partial charge in [0, 0.05) is 10.4 Å². The van der Waals surface area contributed by atoms with Crippen LogP contribution >= 0.6 is 11.3 Å². The molecule has 0 aliphatic rings. The number of hydrogen-bond acceptors (Lipinski definition) is 5. The average molecular weight is 375 g/mol. The van der Waals surface area contributed by atoms with Crippen LogP contribution in [0.3, 0.4) is 0 Å². The highest BCUT2D eigenvalue weighted by molar-refractivity contribution is 7.89. The van der Waals surface area contributed by atoms with Crippen LogP contribution in [0, 0.1) is 0 Å². The van der Waals surface area contributed by atoms with Crippen molar-refractivity contribution in [1.29, 1.82) is 0 Å². The standard InChI is InChI=1S/C18H17NO4S2/c1-22-16-8-5-13(11-17(16)23-2)18-15(9-10-24-18)12-3-6-14(7-4-12)25(19,20)21/h3-11H,1-2H3,(H2,19,20,21). The summed E-state index contributed by atoms with van der Waals surface area (Å²) in [5.74, 6) is 1.32. The summed E-state index contributed by atoms with van der Waals surface area (Å²) in [7, 11) is -0.497. The van der Waals surface area contributed by atoms with Crippen LogP contribution in [0.25, 0.3) is 21.6 Å². The highest BCUT2D eigenvalue weighted by Crippen LogP contribution is 2.40. The van der Waals surface area contributed by atoms with E-state index in [1.165, 1.54) is 12.1 Å². The number of sulfonamides is 1. The van der Waals surface area contributed by atoms with Crippen molar-refractivity contribution in [3.8, 4) is 33.1 Å². The van der Waals surface area contributed by atoms with Crippen LogP contribution in [-0.4, -0.2) is 22.6 Å². The van der Waals surface area contributed by atoms with E-state index in [1.54, 1.807) is 37.7 Å². The topological polar surface area (TPSA) is 78.6 Å². The third-order valence-electron chi connectivity index (χ3n) is 3.80. The zero-order chi connectivity index (χ0) is 18.0. The maximum Gasteiger partial charge on any atom is 0.238 e. The van der Waals surface area contributed by atoms with Crippen molar-refractivity contribution in [2.75, 3.05) is 14.2 Å². The lowest BCUT2D eigenvalue weighted by Gasteiger charge is -2.10. The monoisotopic (exact) mass is 375 g/mol. The number of nitrogens with two attached hydrogens (primary N) is 1. The van der Waals surface area contributed by atoms with Gasteiger partial charge in [0.1, 0.15) is 0 Å². The molecule has 0 amide bonds. The molecule has 2 N–H and O–H groups in total. The van der Waals surface area contributed by atoms with Crippen LogP contribution in [0.2, 0.25) is 0 Å². The summed E-state index contributed by atoms with van der Waals surface area (Å²) < 4.78 is 33.5. The van der Waals surface area contributed by atoms with Gasteiger partial charge in [-0.1, -0.05) is 12.1 Å². The van der Waals surface area contributed by atoms with E-state index in [2.05, 4.69) is 0 Å². The molecule has 25 heavy (non-hydrogen) atoms. The van der Waals surface area contributed by atoms with E-state index >= 15 is 0 Å². The van der Waals surface area contributed by atoms with E-state index in [-0.39, 0.29) is 4.90 Å². The molecule has 0 saturated heterocycles. The van der Waals surface area contributed by atoms with Crippen LogP contribution < -0.4 is 14.6 Å². The molecule has 130 valence electrons. The zero-order valence-electron chi connectivity index (χ0n) is 13.7. The summed E-state index contributed by atoms with van der Waals surface area (Å²) in [5, 5.41) is 7.15. The lowest BCUT2D eigenvalue weighted by Crippen LogP contribution is -2.11. The molecule has 2 aromatic carbocycles. The molecular formula is C18H17NO4S2. The van der Waals surface area contributed by atoms with Gasteiger partial charge in [0.15, 0.2) is 11.5 Å². The number of primary sulfonamides is 1. The number of ether oxygens (including phenoxy) is 2. The normalized spacial score (nSPS) is 11.3. The molecular weight excluding hydrogens is 358 g/mol. The van der Waals surface area contributed by atoms with Crippen molar-refractivity contribution in [2.24, 2.45) is 5.14 Å². The predicted octanol–water partition coefficient (Wildman–Crippen LogP) is 3.75. The Morgan fingerprint density at radius 2 is 1.52 bits per heavy atom. The van der Waals surface area contributed by atoms with Gasteiger partial charge in [-0.2, -0.15) is 0 Å². The van der Waals surface area contributed by atoms with Gasteiger partial charge in [0.25, 0.3) is 0 Å². The van der Waals surface area contributed by atoms with Gasteiger partial charge in [-0.25, -0.2) is 13.6 Å². The molecule has 0 atom stereocenters. The second kappa shape index (κ2) is 6.87. The minimum absolute atomic E-state index is 0.0964. The van der Waals surface area contributed by atoms with Gasteiger partial charge in [0.05, 0.1) is 19.1 Å². The van der Waals surface area contributed by atoms with E-state index in [0.29, 0.717) is 11.5 Å². The van der Waals surface area contributed by atoms with Gasteiger partial charge in [0.2, 0.25) is 10.0 Å². The minimum atomic E-state index is -3.70. The van der Waals surface area contributed by atoms with Crippen LogP contribution in [-0.2, 0) is 10.0 Å². The van der Waals surface area contributed by atoms with E-state index in [9.17, 15) is 8.42 Å². The van der Waals surface area contributed by atoms with Crippen LogP contribution in [0.5, 0.6) is 11.5 Å². The number of thiophene rings is 1.